The van der Waals surface area contributed by atoms with Gasteiger partial charge in [-0.15, -0.1) is 0 Å². The highest BCUT2D eigenvalue weighted by Crippen LogP contribution is 2.17. The smallest absolute Gasteiger partial charge is 0.305 e. The van der Waals surface area contributed by atoms with Crippen molar-refractivity contribution in [3.8, 4) is 5.69 Å². The van der Waals surface area contributed by atoms with E-state index in [4.69, 9.17) is 0 Å². The van der Waals surface area contributed by atoms with E-state index in [0.717, 1.165) is 0 Å². The van der Waals surface area contributed by atoms with Crippen LogP contribution in [0.15, 0.2) is 53.3 Å². The Balaban J connectivity index is 2.45. The molecule has 0 bridgehead atoms. The number of hydrogen-bond donors (Lipinski definition) is 1. The molecule has 0 saturated heterocycles. The van der Waals surface area contributed by atoms with Crippen molar-refractivity contribution >= 4 is 11.0 Å². The molecule has 0 fully saturated rings. The minimum atomic E-state index is -0.412. The van der Waals surface area contributed by atoms with Gasteiger partial charge in [-0.05, 0) is 24.3 Å². The van der Waals surface area contributed by atoms with Crippen LogP contribution in [0.4, 0.5) is 4.39 Å². The molecular formula is C13H9FN2O. The third-order valence-electron chi connectivity index (χ3n) is 2.67. The Morgan fingerprint density at radius 3 is 2.53 bits per heavy atom. The lowest BCUT2D eigenvalue weighted by atomic mass is 10.2. The fourth-order valence-electron chi connectivity index (χ4n) is 1.94. The number of aromatic amines is 1. The van der Waals surface area contributed by atoms with Gasteiger partial charge in [0.15, 0.2) is 0 Å². The average Bonchev–Trinajstić information content (AvgIpc) is 2.68. The maximum Gasteiger partial charge on any atom is 0.331 e. The van der Waals surface area contributed by atoms with E-state index in [-0.39, 0.29) is 11.2 Å². The van der Waals surface area contributed by atoms with Crippen LogP contribution in [0.2, 0.25) is 0 Å². The largest absolute Gasteiger partial charge is 0.331 e. The molecule has 0 radical (unpaired) electrons. The lowest BCUT2D eigenvalue weighted by molar-refractivity contribution is 0.634. The standard InChI is InChI=1S/C13H9FN2O/c14-10-7-4-8-11-12(10)16(13(17)15-11)9-5-2-1-3-6-9/h1-8H,(H,15,17). The Labute approximate surface area is 96.1 Å². The average molecular weight is 228 g/mol. The molecule has 1 heterocycles. The van der Waals surface area contributed by atoms with E-state index >= 15 is 0 Å². The number of aromatic nitrogens is 2. The number of halogens is 1. The zero-order valence-electron chi connectivity index (χ0n) is 8.85. The van der Waals surface area contributed by atoms with Crippen LogP contribution in [0.1, 0.15) is 0 Å². The molecule has 1 N–H and O–H groups in total. The number of imidazole rings is 1. The molecule has 4 heteroatoms. The number of benzene rings is 2. The summed E-state index contributed by atoms with van der Waals surface area (Å²) in [5, 5.41) is 0. The van der Waals surface area contributed by atoms with Crippen LogP contribution in [0.25, 0.3) is 16.7 Å². The van der Waals surface area contributed by atoms with Crippen molar-refractivity contribution in [1.82, 2.24) is 9.55 Å². The molecule has 84 valence electrons. The van der Waals surface area contributed by atoms with Gasteiger partial charge in [0.2, 0.25) is 0 Å². The Morgan fingerprint density at radius 1 is 1.00 bits per heavy atom. The van der Waals surface area contributed by atoms with Gasteiger partial charge in [0.05, 0.1) is 11.2 Å². The molecule has 3 aromatic rings. The number of nitrogens with zero attached hydrogens (tertiary/aromatic N) is 1. The maximum atomic E-state index is 13.8. The first-order valence-electron chi connectivity index (χ1n) is 5.22. The lowest BCUT2D eigenvalue weighted by Gasteiger charge is -2.02. The molecule has 1 aromatic heterocycles. The van der Waals surface area contributed by atoms with Gasteiger partial charge in [-0.2, -0.15) is 0 Å². The first-order valence-corrected chi connectivity index (χ1v) is 5.22. The minimum Gasteiger partial charge on any atom is -0.305 e. The first-order chi connectivity index (χ1) is 8.27. The van der Waals surface area contributed by atoms with Gasteiger partial charge in [-0.25, -0.2) is 9.18 Å². The topological polar surface area (TPSA) is 37.8 Å². The van der Waals surface area contributed by atoms with Crippen LogP contribution in [-0.4, -0.2) is 9.55 Å². The van der Waals surface area contributed by atoms with Crippen molar-refractivity contribution in [2.75, 3.05) is 0 Å². The number of rotatable bonds is 1. The molecule has 0 atom stereocenters. The van der Waals surface area contributed by atoms with Crippen LogP contribution < -0.4 is 5.69 Å². The number of hydrogen-bond acceptors (Lipinski definition) is 1. The first kappa shape index (κ1) is 9.84. The van der Waals surface area contributed by atoms with E-state index in [1.165, 1.54) is 10.6 Å². The van der Waals surface area contributed by atoms with Crippen molar-refractivity contribution in [2.24, 2.45) is 0 Å². The van der Waals surface area contributed by atoms with Crippen molar-refractivity contribution in [3.63, 3.8) is 0 Å². The Bertz CT molecular complexity index is 728. The molecule has 0 aliphatic heterocycles. The van der Waals surface area contributed by atoms with Gasteiger partial charge in [-0.1, -0.05) is 24.3 Å². The van der Waals surface area contributed by atoms with Gasteiger partial charge in [0, 0.05) is 0 Å². The summed E-state index contributed by atoms with van der Waals surface area (Å²) in [6.45, 7) is 0. The van der Waals surface area contributed by atoms with Crippen molar-refractivity contribution in [3.05, 3.63) is 64.8 Å². The summed E-state index contributed by atoms with van der Waals surface area (Å²) in [6.07, 6.45) is 0. The molecule has 0 aliphatic rings. The van der Waals surface area contributed by atoms with Crippen LogP contribution >= 0.6 is 0 Å². The van der Waals surface area contributed by atoms with E-state index in [2.05, 4.69) is 4.98 Å². The molecule has 0 unspecified atom stereocenters. The third kappa shape index (κ3) is 1.45. The summed E-state index contributed by atoms with van der Waals surface area (Å²) < 4.78 is 15.1. The zero-order chi connectivity index (χ0) is 11.8. The van der Waals surface area contributed by atoms with E-state index < -0.39 is 5.82 Å². The summed E-state index contributed by atoms with van der Waals surface area (Å²) >= 11 is 0. The highest BCUT2D eigenvalue weighted by atomic mass is 19.1. The van der Waals surface area contributed by atoms with Gasteiger partial charge in [0.25, 0.3) is 0 Å². The monoisotopic (exact) mass is 228 g/mol. The quantitative estimate of drug-likeness (QED) is 0.682. The van der Waals surface area contributed by atoms with Crippen molar-refractivity contribution < 1.29 is 4.39 Å². The fourth-order valence-corrected chi connectivity index (χ4v) is 1.94. The predicted octanol–water partition coefficient (Wildman–Crippen LogP) is 2.46. The second-order valence-electron chi connectivity index (χ2n) is 3.74. The van der Waals surface area contributed by atoms with Crippen molar-refractivity contribution in [1.29, 1.82) is 0 Å². The van der Waals surface area contributed by atoms with E-state index in [0.29, 0.717) is 11.2 Å². The fraction of sp³-hybridized carbons (Fsp3) is 0. The van der Waals surface area contributed by atoms with Gasteiger partial charge < -0.3 is 4.98 Å². The van der Waals surface area contributed by atoms with Gasteiger partial charge >= 0.3 is 5.69 Å². The summed E-state index contributed by atoms with van der Waals surface area (Å²) in [7, 11) is 0. The number of fused-ring (bicyclic) bond motifs is 1. The zero-order valence-corrected chi connectivity index (χ0v) is 8.85. The van der Waals surface area contributed by atoms with Crippen LogP contribution in [0.3, 0.4) is 0 Å². The summed E-state index contributed by atoms with van der Waals surface area (Å²) in [5.74, 6) is -0.412. The molecular weight excluding hydrogens is 219 g/mol. The molecule has 17 heavy (non-hydrogen) atoms. The molecule has 3 rings (SSSR count). The summed E-state index contributed by atoms with van der Waals surface area (Å²) in [6, 6.07) is 13.6. The van der Waals surface area contributed by atoms with Gasteiger partial charge in [0.1, 0.15) is 11.3 Å². The third-order valence-corrected chi connectivity index (χ3v) is 2.67. The maximum absolute atomic E-state index is 13.8. The van der Waals surface area contributed by atoms with E-state index in [1.807, 2.05) is 6.07 Å². The normalized spacial score (nSPS) is 10.9. The van der Waals surface area contributed by atoms with Crippen molar-refractivity contribution in [2.45, 2.75) is 0 Å². The Kier molecular flexibility index (Phi) is 2.08. The second kappa shape index (κ2) is 3.59. The predicted molar refractivity (Wildman–Crippen MR) is 63.9 cm³/mol. The Morgan fingerprint density at radius 2 is 1.76 bits per heavy atom. The molecule has 0 aliphatic carbocycles. The van der Waals surface area contributed by atoms with Crippen LogP contribution in [0.5, 0.6) is 0 Å². The number of para-hydroxylation sites is 2. The molecule has 0 spiro atoms. The highest BCUT2D eigenvalue weighted by Gasteiger charge is 2.11. The Hall–Kier alpha value is -2.36. The van der Waals surface area contributed by atoms with Gasteiger partial charge in [-0.3, -0.25) is 4.57 Å². The number of nitrogens with one attached hydrogen (secondary N) is 1. The molecule has 0 saturated carbocycles. The van der Waals surface area contributed by atoms with Crippen LogP contribution in [-0.2, 0) is 0 Å². The van der Waals surface area contributed by atoms with E-state index in [9.17, 15) is 9.18 Å². The molecule has 0 amide bonds. The highest BCUT2D eigenvalue weighted by molar-refractivity contribution is 5.77. The molecule has 2 aromatic carbocycles. The minimum absolute atomic E-state index is 0.281. The SMILES string of the molecule is O=c1[nH]c2cccc(F)c2n1-c1ccccc1. The summed E-state index contributed by atoms with van der Waals surface area (Å²) in [4.78, 5) is 14.5. The lowest BCUT2D eigenvalue weighted by Crippen LogP contribution is -2.14. The van der Waals surface area contributed by atoms with E-state index in [1.54, 1.807) is 36.4 Å². The number of H-pyrrole nitrogens is 1. The summed E-state index contributed by atoms with van der Waals surface area (Å²) in [5.41, 5.74) is 1.09. The van der Waals surface area contributed by atoms with Crippen LogP contribution in [0, 0.1) is 5.82 Å². The second-order valence-corrected chi connectivity index (χ2v) is 3.74. The molecule has 3 nitrogen and oxygen atoms in total.